The second-order valence-corrected chi connectivity index (χ2v) is 14.9. The summed E-state index contributed by atoms with van der Waals surface area (Å²) in [6, 6.07) is 34.1. The minimum Gasteiger partial charge on any atom is -0.294 e. The molecule has 2 spiro atoms. The van der Waals surface area contributed by atoms with Crippen LogP contribution in [-0.4, -0.2) is 36.2 Å². The lowest BCUT2D eigenvalue weighted by atomic mass is 9.73. The highest BCUT2D eigenvalue weighted by molar-refractivity contribution is 6.09. The van der Waals surface area contributed by atoms with Crippen molar-refractivity contribution in [1.82, 2.24) is 19.3 Å². The fourth-order valence-electron chi connectivity index (χ4n) is 8.96. The first-order valence-electron chi connectivity index (χ1n) is 18.0. The second kappa shape index (κ2) is 11.2. The molecule has 0 radical (unpaired) electrons. The molecule has 9 heteroatoms. The standard InChI is InChI=1S/C42H40N6O3/c1-26(2)36-43-32-22-13-11-20-30(32)38(49)45(36)47-34(28-16-7-5-8-17-28)41(47)24-15-25-42(40(41)51)35(29-18-9-6-10-19-29)48(42)46-37(27(3)4)44-33-23-14-12-21-31(33)39(46)50/h5-14,16-23,26-27,34-35H,15,24-25H2,1-4H3/t34-,35-,41+,42+,47?,48?/m0/s1. The summed E-state index contributed by atoms with van der Waals surface area (Å²) in [6.45, 7) is 8.13. The molecule has 51 heavy (non-hydrogen) atoms. The van der Waals surface area contributed by atoms with Gasteiger partial charge in [-0.05, 0) is 54.7 Å². The van der Waals surface area contributed by atoms with E-state index in [-0.39, 0.29) is 28.7 Å². The first kappa shape index (κ1) is 31.4. The van der Waals surface area contributed by atoms with E-state index in [1.54, 1.807) is 9.35 Å². The molecule has 0 amide bonds. The van der Waals surface area contributed by atoms with E-state index in [4.69, 9.17) is 9.97 Å². The highest BCUT2D eigenvalue weighted by Gasteiger charge is 2.82. The molecule has 3 fully saturated rings. The molecule has 0 bridgehead atoms. The summed E-state index contributed by atoms with van der Waals surface area (Å²) >= 11 is 0. The lowest BCUT2D eigenvalue weighted by Crippen LogP contribution is -2.52. The zero-order chi connectivity index (χ0) is 35.2. The van der Waals surface area contributed by atoms with Gasteiger partial charge in [-0.1, -0.05) is 113 Å². The molecule has 9 rings (SSSR count). The van der Waals surface area contributed by atoms with Crippen LogP contribution in [-0.2, 0) is 4.79 Å². The molecule has 4 atom stereocenters. The number of carbonyl (C=O) groups excluding carboxylic acids is 1. The number of aromatic nitrogens is 4. The predicted octanol–water partition coefficient (Wildman–Crippen LogP) is 6.67. The minimum atomic E-state index is -1.04. The normalized spacial score (nSPS) is 24.1. The molecule has 256 valence electrons. The quantitative estimate of drug-likeness (QED) is 0.182. The van der Waals surface area contributed by atoms with Gasteiger partial charge in [-0.2, -0.15) is 0 Å². The fourth-order valence-corrected chi connectivity index (χ4v) is 8.96. The number of benzene rings is 4. The molecule has 4 heterocycles. The van der Waals surface area contributed by atoms with Crippen LogP contribution in [0.4, 0.5) is 0 Å². The van der Waals surface area contributed by atoms with Gasteiger partial charge in [0.1, 0.15) is 34.8 Å². The van der Waals surface area contributed by atoms with Gasteiger partial charge >= 0.3 is 0 Å². The van der Waals surface area contributed by atoms with Crippen LogP contribution in [0, 0.1) is 0 Å². The SMILES string of the molecule is CC(C)c1nc2ccccc2c(=O)n1N1[C@@H](c2ccccc2)[C@@]12CCC[C@]1(C2=O)[C@H](c2ccccc2)N1n1c(C(C)C)nc2ccccc2c1=O. The second-order valence-electron chi connectivity index (χ2n) is 14.9. The highest BCUT2D eigenvalue weighted by Crippen LogP contribution is 2.66. The van der Waals surface area contributed by atoms with Crippen molar-refractivity contribution >= 4 is 27.6 Å². The molecule has 0 unspecified atom stereocenters. The van der Waals surface area contributed by atoms with Gasteiger partial charge in [-0.3, -0.25) is 24.4 Å². The van der Waals surface area contributed by atoms with Crippen molar-refractivity contribution in [3.63, 3.8) is 0 Å². The first-order chi connectivity index (χ1) is 24.7. The van der Waals surface area contributed by atoms with E-state index in [1.165, 1.54) is 0 Å². The maximum Gasteiger partial charge on any atom is 0.280 e. The summed E-state index contributed by atoms with van der Waals surface area (Å²) in [5.74, 6) is 1.08. The maximum atomic E-state index is 16.0. The Labute approximate surface area is 295 Å². The van der Waals surface area contributed by atoms with Crippen LogP contribution in [0.1, 0.15) is 93.7 Å². The Morgan fingerprint density at radius 3 is 1.31 bits per heavy atom. The molecule has 9 nitrogen and oxygen atoms in total. The van der Waals surface area contributed by atoms with Gasteiger partial charge < -0.3 is 0 Å². The van der Waals surface area contributed by atoms with Gasteiger partial charge in [-0.25, -0.2) is 19.3 Å². The van der Waals surface area contributed by atoms with Crippen molar-refractivity contribution in [1.29, 1.82) is 0 Å². The number of Topliss-reactive ketones (excluding diaryl/α,β-unsaturated/α-hetero) is 1. The molecule has 4 aromatic carbocycles. The summed E-state index contributed by atoms with van der Waals surface area (Å²) in [6.07, 6.45) is 1.87. The molecular formula is C42H40N6O3. The largest absolute Gasteiger partial charge is 0.294 e. The van der Waals surface area contributed by atoms with Gasteiger partial charge in [0, 0.05) is 11.8 Å². The molecule has 0 N–H and O–H groups in total. The Morgan fingerprint density at radius 2 is 0.922 bits per heavy atom. The van der Waals surface area contributed by atoms with E-state index in [1.807, 2.05) is 147 Å². The number of para-hydroxylation sites is 2. The van der Waals surface area contributed by atoms with Crippen LogP contribution < -0.4 is 21.1 Å². The number of carbonyl (C=O) groups is 1. The summed E-state index contributed by atoms with van der Waals surface area (Å²) in [5.41, 5.74) is 0.779. The monoisotopic (exact) mass is 676 g/mol. The van der Waals surface area contributed by atoms with E-state index >= 15 is 4.79 Å². The molecule has 2 aliphatic heterocycles. The van der Waals surface area contributed by atoms with Gasteiger partial charge in [0.25, 0.3) is 11.1 Å². The van der Waals surface area contributed by atoms with Gasteiger partial charge in [0.15, 0.2) is 5.78 Å². The lowest BCUT2D eigenvalue weighted by Gasteiger charge is -2.31. The number of ketones is 1. The maximum absolute atomic E-state index is 16.0. The number of hydrogen-bond acceptors (Lipinski definition) is 7. The molecule has 1 saturated carbocycles. The smallest absolute Gasteiger partial charge is 0.280 e. The Balaban J connectivity index is 1.29. The molecule has 1 aliphatic carbocycles. The van der Waals surface area contributed by atoms with Crippen LogP contribution in [0.5, 0.6) is 0 Å². The van der Waals surface area contributed by atoms with Crippen molar-refractivity contribution < 1.29 is 4.79 Å². The Hall–Kier alpha value is -5.57. The van der Waals surface area contributed by atoms with E-state index in [2.05, 4.69) is 0 Å². The molecule has 6 aromatic rings. The number of fused-ring (bicyclic) bond motifs is 2. The summed E-state index contributed by atoms with van der Waals surface area (Å²) in [7, 11) is 0. The predicted molar refractivity (Wildman–Crippen MR) is 199 cm³/mol. The zero-order valence-electron chi connectivity index (χ0n) is 29.2. The fraction of sp³-hybridized carbons (Fsp3) is 0.310. The summed E-state index contributed by atoms with van der Waals surface area (Å²) in [4.78, 5) is 55.2. The third kappa shape index (κ3) is 4.30. The van der Waals surface area contributed by atoms with Crippen LogP contribution in [0.2, 0.25) is 0 Å². The zero-order valence-corrected chi connectivity index (χ0v) is 29.2. The first-order valence-corrected chi connectivity index (χ1v) is 18.0. The Bertz CT molecular complexity index is 2300. The number of rotatable bonds is 6. The van der Waals surface area contributed by atoms with Crippen molar-refractivity contribution in [3.05, 3.63) is 153 Å². The van der Waals surface area contributed by atoms with E-state index < -0.39 is 23.2 Å². The summed E-state index contributed by atoms with van der Waals surface area (Å²) < 4.78 is 3.41. The summed E-state index contributed by atoms with van der Waals surface area (Å²) in [5, 5.41) is 5.07. The topological polar surface area (TPSA) is 92.9 Å². The highest BCUT2D eigenvalue weighted by atomic mass is 16.2. The average Bonchev–Trinajstić information content (AvgIpc) is 4.01. The minimum absolute atomic E-state index is 0.0217. The lowest BCUT2D eigenvalue weighted by molar-refractivity contribution is -0.126. The molecular weight excluding hydrogens is 637 g/mol. The third-order valence-corrected chi connectivity index (χ3v) is 11.2. The van der Waals surface area contributed by atoms with Crippen molar-refractivity contribution in [2.24, 2.45) is 0 Å². The van der Waals surface area contributed by atoms with E-state index in [9.17, 15) is 9.59 Å². The van der Waals surface area contributed by atoms with Crippen molar-refractivity contribution in [2.45, 2.75) is 82.0 Å². The van der Waals surface area contributed by atoms with E-state index in [0.717, 1.165) is 17.5 Å². The third-order valence-electron chi connectivity index (χ3n) is 11.2. The Morgan fingerprint density at radius 1 is 0.549 bits per heavy atom. The van der Waals surface area contributed by atoms with Gasteiger partial charge in [0.2, 0.25) is 0 Å². The van der Waals surface area contributed by atoms with Crippen LogP contribution in [0.25, 0.3) is 21.8 Å². The van der Waals surface area contributed by atoms with Crippen molar-refractivity contribution in [2.75, 3.05) is 10.0 Å². The molecule has 2 aromatic heterocycles. The molecule has 3 aliphatic rings. The Kier molecular flexibility index (Phi) is 6.91. The molecule has 2 saturated heterocycles. The van der Waals surface area contributed by atoms with Crippen LogP contribution in [0.15, 0.2) is 119 Å². The van der Waals surface area contributed by atoms with Gasteiger partial charge in [-0.15, -0.1) is 0 Å². The number of nitrogens with zero attached hydrogens (tertiary/aromatic N) is 6. The van der Waals surface area contributed by atoms with Crippen LogP contribution in [0.3, 0.4) is 0 Å². The number of hydrogen-bond donors (Lipinski definition) is 0. The van der Waals surface area contributed by atoms with Gasteiger partial charge in [0.05, 0.1) is 21.8 Å². The van der Waals surface area contributed by atoms with Crippen LogP contribution >= 0.6 is 0 Å². The van der Waals surface area contributed by atoms with E-state index in [0.29, 0.717) is 46.3 Å². The van der Waals surface area contributed by atoms with Crippen molar-refractivity contribution in [3.8, 4) is 0 Å². The average molecular weight is 677 g/mol.